The molecule has 1 aliphatic carbocycles. The van der Waals surface area contributed by atoms with Crippen LogP contribution in [0.25, 0.3) is 6.08 Å². The van der Waals surface area contributed by atoms with Crippen LogP contribution < -0.4 is 15.5 Å². The van der Waals surface area contributed by atoms with Crippen molar-refractivity contribution in [3.05, 3.63) is 70.8 Å². The number of carbonyl (C=O) groups excluding carboxylic acids is 1. The van der Waals surface area contributed by atoms with Gasteiger partial charge in [-0.15, -0.1) is 0 Å². The number of methoxy groups -OCH3 is 1. The van der Waals surface area contributed by atoms with Crippen LogP contribution in [0.5, 0.6) is 5.75 Å². The Balaban J connectivity index is 1.65. The van der Waals surface area contributed by atoms with E-state index in [9.17, 15) is 9.90 Å². The van der Waals surface area contributed by atoms with Crippen molar-refractivity contribution in [1.82, 2.24) is 10.8 Å². The van der Waals surface area contributed by atoms with Gasteiger partial charge in [0.25, 0.3) is 5.91 Å². The Hall–Kier alpha value is -2.67. The van der Waals surface area contributed by atoms with Gasteiger partial charge in [0.05, 0.1) is 13.7 Å². The standard InChI is InChI=1S/C22H26N2O4/c1-28-19-7-2-16(3-8-19)13-18(14-25)23-21-10-6-17-12-15(4-9-20(17)21)5-11-22(26)24-27/h2-5,7-9,11-12,18,21,23,25,27H,6,10,13-14H2,1H3,(H,24,26). The van der Waals surface area contributed by atoms with Crippen LogP contribution in [-0.2, 0) is 17.6 Å². The fourth-order valence-corrected chi connectivity index (χ4v) is 3.63. The SMILES string of the molecule is COc1ccc(CC(CO)NC2CCc3cc(C=CC(=O)NO)ccc32)cc1. The molecule has 0 radical (unpaired) electrons. The van der Waals surface area contributed by atoms with E-state index in [0.29, 0.717) is 0 Å². The normalized spacial score (nSPS) is 16.8. The molecule has 6 nitrogen and oxygen atoms in total. The number of ether oxygens (including phenoxy) is 1. The van der Waals surface area contributed by atoms with Crippen LogP contribution in [0.3, 0.4) is 0 Å². The highest BCUT2D eigenvalue weighted by atomic mass is 16.5. The molecule has 148 valence electrons. The number of benzene rings is 2. The lowest BCUT2D eigenvalue weighted by atomic mass is 10.0. The zero-order chi connectivity index (χ0) is 19.9. The van der Waals surface area contributed by atoms with Crippen LogP contribution in [0.2, 0.25) is 0 Å². The molecule has 3 rings (SSSR count). The molecule has 0 aliphatic heterocycles. The van der Waals surface area contributed by atoms with E-state index in [1.54, 1.807) is 18.7 Å². The van der Waals surface area contributed by atoms with Gasteiger partial charge < -0.3 is 15.2 Å². The van der Waals surface area contributed by atoms with Crippen molar-refractivity contribution >= 4 is 12.0 Å². The zero-order valence-electron chi connectivity index (χ0n) is 15.9. The first-order chi connectivity index (χ1) is 13.6. The van der Waals surface area contributed by atoms with Gasteiger partial charge in [0.1, 0.15) is 5.75 Å². The number of amides is 1. The second kappa shape index (κ2) is 9.50. The van der Waals surface area contributed by atoms with Crippen molar-refractivity contribution in [2.75, 3.05) is 13.7 Å². The Morgan fingerprint density at radius 2 is 2.07 bits per heavy atom. The monoisotopic (exact) mass is 382 g/mol. The summed E-state index contributed by atoms with van der Waals surface area (Å²) in [5.74, 6) is 0.271. The number of hydrogen-bond donors (Lipinski definition) is 4. The zero-order valence-corrected chi connectivity index (χ0v) is 15.9. The van der Waals surface area contributed by atoms with Gasteiger partial charge in [-0.3, -0.25) is 10.0 Å². The van der Waals surface area contributed by atoms with E-state index in [4.69, 9.17) is 9.94 Å². The molecule has 4 N–H and O–H groups in total. The van der Waals surface area contributed by atoms with Crippen LogP contribution in [0, 0.1) is 0 Å². The van der Waals surface area contributed by atoms with Crippen LogP contribution in [-0.4, -0.2) is 36.0 Å². The second-order valence-corrected chi connectivity index (χ2v) is 6.96. The number of aryl methyl sites for hydroxylation is 1. The molecule has 0 saturated heterocycles. The molecule has 0 spiro atoms. The molecule has 2 aromatic rings. The molecular weight excluding hydrogens is 356 g/mol. The van der Waals surface area contributed by atoms with E-state index in [0.717, 1.165) is 36.1 Å². The first kappa shape index (κ1) is 20.1. The average molecular weight is 382 g/mol. The largest absolute Gasteiger partial charge is 0.497 e. The number of fused-ring (bicyclic) bond motifs is 1. The Bertz CT molecular complexity index is 833. The van der Waals surface area contributed by atoms with E-state index < -0.39 is 5.91 Å². The van der Waals surface area contributed by atoms with E-state index in [1.807, 2.05) is 30.3 Å². The van der Waals surface area contributed by atoms with E-state index >= 15 is 0 Å². The van der Waals surface area contributed by atoms with E-state index in [1.165, 1.54) is 17.2 Å². The third-order valence-electron chi connectivity index (χ3n) is 5.08. The lowest BCUT2D eigenvalue weighted by molar-refractivity contribution is -0.124. The summed E-state index contributed by atoms with van der Waals surface area (Å²) in [6.45, 7) is 0.0644. The highest BCUT2D eigenvalue weighted by molar-refractivity contribution is 5.90. The molecule has 0 saturated carbocycles. The van der Waals surface area contributed by atoms with Crippen LogP contribution >= 0.6 is 0 Å². The topological polar surface area (TPSA) is 90.8 Å². The maximum absolute atomic E-state index is 11.1. The van der Waals surface area contributed by atoms with Gasteiger partial charge in [-0.25, -0.2) is 5.48 Å². The summed E-state index contributed by atoms with van der Waals surface area (Å²) in [4.78, 5) is 11.1. The summed E-state index contributed by atoms with van der Waals surface area (Å²) in [5, 5.41) is 22.0. The van der Waals surface area contributed by atoms with Crippen molar-refractivity contribution in [3.8, 4) is 5.75 Å². The molecule has 6 heteroatoms. The maximum atomic E-state index is 11.1. The van der Waals surface area contributed by atoms with Crippen molar-refractivity contribution in [3.63, 3.8) is 0 Å². The third-order valence-corrected chi connectivity index (χ3v) is 5.08. The highest BCUT2D eigenvalue weighted by Gasteiger charge is 2.24. The summed E-state index contributed by atoms with van der Waals surface area (Å²) in [5.41, 5.74) is 6.12. The lowest BCUT2D eigenvalue weighted by Crippen LogP contribution is -2.36. The van der Waals surface area contributed by atoms with Crippen molar-refractivity contribution in [1.29, 1.82) is 0 Å². The summed E-state index contributed by atoms with van der Waals surface area (Å²) in [6.07, 6.45) is 5.62. The third kappa shape index (κ3) is 4.98. The minimum absolute atomic E-state index is 0.0304. The van der Waals surface area contributed by atoms with Gasteiger partial charge in [-0.1, -0.05) is 30.3 Å². The molecule has 2 aromatic carbocycles. The van der Waals surface area contributed by atoms with E-state index in [2.05, 4.69) is 17.4 Å². The molecule has 1 aliphatic rings. The van der Waals surface area contributed by atoms with Gasteiger partial charge in [-0.05, 0) is 59.7 Å². The average Bonchev–Trinajstić information content (AvgIpc) is 3.13. The van der Waals surface area contributed by atoms with Crippen molar-refractivity contribution in [2.45, 2.75) is 31.3 Å². The summed E-state index contributed by atoms with van der Waals surface area (Å²) in [7, 11) is 1.65. The van der Waals surface area contributed by atoms with E-state index in [-0.39, 0.29) is 18.7 Å². The molecule has 0 aromatic heterocycles. The van der Waals surface area contributed by atoms with Gasteiger partial charge in [0.2, 0.25) is 0 Å². The molecule has 28 heavy (non-hydrogen) atoms. The molecule has 2 unspecified atom stereocenters. The first-order valence-corrected chi connectivity index (χ1v) is 9.37. The van der Waals surface area contributed by atoms with Gasteiger partial charge >= 0.3 is 0 Å². The smallest absolute Gasteiger partial charge is 0.267 e. The van der Waals surface area contributed by atoms with Crippen LogP contribution in [0.1, 0.15) is 34.7 Å². The molecule has 2 atom stereocenters. The Morgan fingerprint density at radius 3 is 2.75 bits per heavy atom. The van der Waals surface area contributed by atoms with Gasteiger partial charge in [0, 0.05) is 18.2 Å². The number of carbonyl (C=O) groups is 1. The molecule has 1 amide bonds. The number of aliphatic hydroxyl groups excluding tert-OH is 1. The summed E-state index contributed by atoms with van der Waals surface area (Å²) >= 11 is 0. The van der Waals surface area contributed by atoms with Gasteiger partial charge in [-0.2, -0.15) is 0 Å². The van der Waals surface area contributed by atoms with Crippen LogP contribution in [0.4, 0.5) is 0 Å². The molecular formula is C22H26N2O4. The number of nitrogens with one attached hydrogen (secondary N) is 2. The number of rotatable bonds is 8. The Morgan fingerprint density at radius 1 is 1.29 bits per heavy atom. The minimum Gasteiger partial charge on any atom is -0.497 e. The summed E-state index contributed by atoms with van der Waals surface area (Å²) < 4.78 is 5.19. The number of aliphatic hydroxyl groups is 1. The van der Waals surface area contributed by atoms with Gasteiger partial charge in [0.15, 0.2) is 0 Å². The fourth-order valence-electron chi connectivity index (χ4n) is 3.63. The molecule has 0 heterocycles. The van der Waals surface area contributed by atoms with Crippen LogP contribution in [0.15, 0.2) is 48.5 Å². The van der Waals surface area contributed by atoms with Crippen molar-refractivity contribution < 1.29 is 19.8 Å². The predicted octanol–water partition coefficient (Wildman–Crippen LogP) is 2.39. The fraction of sp³-hybridized carbons (Fsp3) is 0.318. The first-order valence-electron chi connectivity index (χ1n) is 9.37. The second-order valence-electron chi connectivity index (χ2n) is 6.96. The minimum atomic E-state index is -0.552. The predicted molar refractivity (Wildman–Crippen MR) is 107 cm³/mol. The Kier molecular flexibility index (Phi) is 6.81. The summed E-state index contributed by atoms with van der Waals surface area (Å²) in [6, 6.07) is 14.2. The molecule has 0 fully saturated rings. The lowest BCUT2D eigenvalue weighted by Gasteiger charge is -2.22. The number of hydroxylamine groups is 1. The molecule has 0 bridgehead atoms. The quantitative estimate of drug-likeness (QED) is 0.320. The highest BCUT2D eigenvalue weighted by Crippen LogP contribution is 2.32. The van der Waals surface area contributed by atoms with Crippen molar-refractivity contribution in [2.24, 2.45) is 0 Å². The maximum Gasteiger partial charge on any atom is 0.267 e. The number of hydrogen-bond acceptors (Lipinski definition) is 5. The Labute approximate surface area is 164 Å².